The molecule has 1 aliphatic rings. The Kier molecular flexibility index (Phi) is 7.21. The normalized spacial score (nSPS) is 19.7. The van der Waals surface area contributed by atoms with Gasteiger partial charge in [0, 0.05) is 35.7 Å². The Morgan fingerprint density at radius 2 is 1.45 bits per heavy atom. The van der Waals surface area contributed by atoms with Gasteiger partial charge in [-0.2, -0.15) is 26.3 Å². The number of aliphatic hydroxyl groups is 1. The van der Waals surface area contributed by atoms with E-state index in [4.69, 9.17) is 0 Å². The van der Waals surface area contributed by atoms with Gasteiger partial charge in [-0.1, -0.05) is 73.7 Å². The predicted octanol–water partition coefficient (Wildman–Crippen LogP) is 7.88. The van der Waals surface area contributed by atoms with Crippen molar-refractivity contribution in [1.82, 2.24) is 4.90 Å². The van der Waals surface area contributed by atoms with E-state index < -0.39 is 46.7 Å². The summed E-state index contributed by atoms with van der Waals surface area (Å²) in [7, 11) is 0. The second kappa shape index (κ2) is 10.3. The van der Waals surface area contributed by atoms with Crippen molar-refractivity contribution >= 4 is 22.5 Å². The van der Waals surface area contributed by atoms with Gasteiger partial charge in [-0.05, 0) is 46.2 Å². The highest BCUT2D eigenvalue weighted by atomic mass is 19.4. The molecular formula is C31H25F7N2O2. The Labute approximate surface area is 236 Å². The van der Waals surface area contributed by atoms with E-state index in [1.54, 1.807) is 19.1 Å². The molecular weight excluding hydrogens is 565 g/mol. The van der Waals surface area contributed by atoms with Crippen LogP contribution in [0.3, 0.4) is 0 Å². The van der Waals surface area contributed by atoms with Crippen LogP contribution in [-0.4, -0.2) is 41.5 Å². The standard InChI is InChI=1S/C31H25F7N2O2/c1-28(22-11-13-24(32)14-12-22)18-40(27(41)39-25-15-8-19-4-2-3-5-21(19)16-25)17-26(28)20-6-9-23(10-7-20)29(42,30(33,34)35)31(36,37)38/h2-16,26,42H,17-18H2,1H3,(H,39,41)/t26-,28+/m0/s1. The minimum absolute atomic E-state index is 0.0649. The summed E-state index contributed by atoms with van der Waals surface area (Å²) >= 11 is 0. The molecule has 11 heteroatoms. The number of anilines is 1. The van der Waals surface area contributed by atoms with E-state index in [1.807, 2.05) is 30.3 Å². The van der Waals surface area contributed by atoms with Gasteiger partial charge in [0.15, 0.2) is 0 Å². The van der Waals surface area contributed by atoms with Gasteiger partial charge in [-0.3, -0.25) is 0 Å². The number of likely N-dealkylation sites (tertiary alicyclic amines) is 1. The van der Waals surface area contributed by atoms with Crippen LogP contribution in [0.4, 0.5) is 41.2 Å². The van der Waals surface area contributed by atoms with E-state index in [9.17, 15) is 40.6 Å². The highest BCUT2D eigenvalue weighted by Crippen LogP contribution is 2.51. The molecule has 2 amide bonds. The summed E-state index contributed by atoms with van der Waals surface area (Å²) in [6, 6.07) is 21.4. The highest BCUT2D eigenvalue weighted by Gasteiger charge is 2.71. The van der Waals surface area contributed by atoms with Crippen LogP contribution in [0.15, 0.2) is 91.0 Å². The van der Waals surface area contributed by atoms with Crippen molar-refractivity contribution in [1.29, 1.82) is 0 Å². The first kappa shape index (κ1) is 29.4. The average Bonchev–Trinajstić information content (AvgIpc) is 3.30. The zero-order valence-electron chi connectivity index (χ0n) is 22.1. The maximum Gasteiger partial charge on any atom is 0.430 e. The first-order chi connectivity index (χ1) is 19.6. The molecule has 0 radical (unpaired) electrons. The lowest BCUT2D eigenvalue weighted by Crippen LogP contribution is -2.53. The van der Waals surface area contributed by atoms with Gasteiger partial charge >= 0.3 is 18.4 Å². The summed E-state index contributed by atoms with van der Waals surface area (Å²) in [5.74, 6) is -1.09. The van der Waals surface area contributed by atoms with Gasteiger partial charge in [0.2, 0.25) is 0 Å². The Hall–Kier alpha value is -4.12. The van der Waals surface area contributed by atoms with Crippen LogP contribution in [-0.2, 0) is 11.0 Å². The number of carbonyl (C=O) groups excluding carboxylic acids is 1. The number of nitrogens with one attached hydrogen (secondary N) is 1. The smallest absolute Gasteiger partial charge is 0.369 e. The van der Waals surface area contributed by atoms with Gasteiger partial charge in [0.25, 0.3) is 5.60 Å². The molecule has 0 aliphatic carbocycles. The van der Waals surface area contributed by atoms with Crippen molar-refractivity contribution < 1.29 is 40.6 Å². The van der Waals surface area contributed by atoms with Crippen molar-refractivity contribution in [2.45, 2.75) is 36.2 Å². The molecule has 0 bridgehead atoms. The topological polar surface area (TPSA) is 52.6 Å². The largest absolute Gasteiger partial charge is 0.430 e. The third kappa shape index (κ3) is 5.06. The number of hydrogen-bond donors (Lipinski definition) is 2. The molecule has 1 fully saturated rings. The fourth-order valence-corrected chi connectivity index (χ4v) is 5.66. The van der Waals surface area contributed by atoms with Crippen LogP contribution in [0.2, 0.25) is 0 Å². The molecule has 4 aromatic carbocycles. The van der Waals surface area contributed by atoms with Crippen LogP contribution in [0.5, 0.6) is 0 Å². The SMILES string of the molecule is C[C@]1(c2ccc(F)cc2)CN(C(=O)Nc2ccc3ccccc3c2)C[C@H]1c1ccc(C(O)(C(F)(F)F)C(F)(F)F)cc1. The quantitative estimate of drug-likeness (QED) is 0.238. The molecule has 1 saturated heterocycles. The zero-order valence-corrected chi connectivity index (χ0v) is 22.1. The molecule has 2 N–H and O–H groups in total. The lowest BCUT2D eigenvalue weighted by atomic mass is 9.71. The number of carbonyl (C=O) groups is 1. The molecule has 42 heavy (non-hydrogen) atoms. The number of nitrogens with zero attached hydrogens (tertiary/aromatic N) is 1. The fourth-order valence-electron chi connectivity index (χ4n) is 5.66. The van der Waals surface area contributed by atoms with Crippen molar-refractivity contribution in [2.75, 3.05) is 18.4 Å². The lowest BCUT2D eigenvalue weighted by molar-refractivity contribution is -0.376. The molecule has 0 spiro atoms. The lowest BCUT2D eigenvalue weighted by Gasteiger charge is -2.34. The molecule has 0 saturated carbocycles. The van der Waals surface area contributed by atoms with Crippen molar-refractivity contribution in [3.05, 3.63) is 114 Å². The zero-order chi connectivity index (χ0) is 30.5. The highest BCUT2D eigenvalue weighted by molar-refractivity contribution is 5.93. The van der Waals surface area contributed by atoms with Crippen molar-refractivity contribution in [3.8, 4) is 0 Å². The minimum Gasteiger partial charge on any atom is -0.369 e. The van der Waals surface area contributed by atoms with Gasteiger partial charge in [-0.25, -0.2) is 9.18 Å². The predicted molar refractivity (Wildman–Crippen MR) is 143 cm³/mol. The average molecular weight is 591 g/mol. The Bertz CT molecular complexity index is 1590. The molecule has 4 aromatic rings. The van der Waals surface area contributed by atoms with Gasteiger partial charge in [0.05, 0.1) is 0 Å². The van der Waals surface area contributed by atoms with E-state index in [0.717, 1.165) is 22.9 Å². The van der Waals surface area contributed by atoms with Crippen LogP contribution < -0.4 is 5.32 Å². The third-order valence-electron chi connectivity index (χ3n) is 8.03. The van der Waals surface area contributed by atoms with Crippen LogP contribution >= 0.6 is 0 Å². The number of benzene rings is 4. The van der Waals surface area contributed by atoms with E-state index in [2.05, 4.69) is 5.32 Å². The first-order valence-electron chi connectivity index (χ1n) is 12.9. The summed E-state index contributed by atoms with van der Waals surface area (Å²) in [6.45, 7) is 1.98. The summed E-state index contributed by atoms with van der Waals surface area (Å²) < 4.78 is 94.3. The van der Waals surface area contributed by atoms with Crippen molar-refractivity contribution in [3.63, 3.8) is 0 Å². The van der Waals surface area contributed by atoms with E-state index in [1.165, 1.54) is 29.2 Å². The molecule has 5 rings (SSSR count). The summed E-state index contributed by atoms with van der Waals surface area (Å²) in [4.78, 5) is 14.9. The molecule has 0 aromatic heterocycles. The van der Waals surface area contributed by atoms with Gasteiger partial charge < -0.3 is 15.3 Å². The number of hydrogen-bond acceptors (Lipinski definition) is 2. The number of fused-ring (bicyclic) bond motifs is 1. The number of alkyl halides is 6. The summed E-state index contributed by atoms with van der Waals surface area (Å²) in [5.41, 5.74) is -5.81. The van der Waals surface area contributed by atoms with Crippen LogP contribution in [0.25, 0.3) is 10.8 Å². The number of urea groups is 1. The third-order valence-corrected chi connectivity index (χ3v) is 8.03. The van der Waals surface area contributed by atoms with Crippen LogP contribution in [0.1, 0.15) is 29.5 Å². The second-order valence-electron chi connectivity index (χ2n) is 10.7. The molecule has 1 heterocycles. The summed E-state index contributed by atoms with van der Waals surface area (Å²) in [5, 5.41) is 14.5. The first-order valence-corrected chi connectivity index (χ1v) is 12.9. The van der Waals surface area contributed by atoms with E-state index in [-0.39, 0.29) is 13.1 Å². The van der Waals surface area contributed by atoms with E-state index in [0.29, 0.717) is 28.9 Å². The molecule has 0 unspecified atom stereocenters. The van der Waals surface area contributed by atoms with Gasteiger partial charge in [0.1, 0.15) is 5.82 Å². The minimum atomic E-state index is -6.01. The Morgan fingerprint density at radius 3 is 2.05 bits per heavy atom. The van der Waals surface area contributed by atoms with Crippen molar-refractivity contribution in [2.24, 2.45) is 0 Å². The molecule has 220 valence electrons. The van der Waals surface area contributed by atoms with E-state index >= 15 is 0 Å². The number of amides is 2. The number of rotatable bonds is 4. The maximum absolute atomic E-state index is 13.7. The molecule has 2 atom stereocenters. The Balaban J connectivity index is 1.48. The fraction of sp³-hybridized carbons (Fsp3) is 0.258. The number of halogens is 7. The monoisotopic (exact) mass is 590 g/mol. The maximum atomic E-state index is 13.7. The van der Waals surface area contributed by atoms with Gasteiger partial charge in [-0.15, -0.1) is 0 Å². The molecule has 1 aliphatic heterocycles. The molecule has 4 nitrogen and oxygen atoms in total. The second-order valence-corrected chi connectivity index (χ2v) is 10.7. The Morgan fingerprint density at radius 1 is 0.857 bits per heavy atom. The summed E-state index contributed by atoms with van der Waals surface area (Å²) in [6.07, 6.45) is -12.0. The van der Waals surface area contributed by atoms with Crippen LogP contribution in [0, 0.1) is 5.82 Å².